The van der Waals surface area contributed by atoms with E-state index < -0.39 is 6.61 Å². The van der Waals surface area contributed by atoms with E-state index in [1.54, 1.807) is 19.9 Å². The van der Waals surface area contributed by atoms with E-state index in [1.807, 2.05) is 0 Å². The molecule has 0 saturated heterocycles. The van der Waals surface area contributed by atoms with E-state index in [9.17, 15) is 13.6 Å². The molecule has 3 nitrogen and oxygen atoms in total. The van der Waals surface area contributed by atoms with Crippen molar-refractivity contribution >= 4 is 17.6 Å². The highest BCUT2D eigenvalue weighted by atomic mass is 35.5. The van der Waals surface area contributed by atoms with Gasteiger partial charge in [-0.25, -0.2) is 0 Å². The van der Waals surface area contributed by atoms with Gasteiger partial charge in [-0.05, 0) is 31.0 Å². The molecule has 0 amide bonds. The van der Waals surface area contributed by atoms with E-state index in [0.29, 0.717) is 23.3 Å². The van der Waals surface area contributed by atoms with Crippen LogP contribution >= 0.6 is 11.6 Å². The molecule has 106 valence electrons. The van der Waals surface area contributed by atoms with E-state index in [4.69, 9.17) is 16.3 Å². The Kier molecular flexibility index (Phi) is 6.02. The first kappa shape index (κ1) is 15.7. The van der Waals surface area contributed by atoms with Gasteiger partial charge in [0.05, 0.1) is 18.9 Å². The van der Waals surface area contributed by atoms with Crippen molar-refractivity contribution in [1.29, 1.82) is 0 Å². The summed E-state index contributed by atoms with van der Waals surface area (Å²) in [6, 6.07) is 3.05. The van der Waals surface area contributed by atoms with Crippen molar-refractivity contribution in [3.8, 4) is 5.75 Å². The second-order valence-electron chi connectivity index (χ2n) is 3.88. The maximum absolute atomic E-state index is 12.2. The van der Waals surface area contributed by atoms with Gasteiger partial charge in [0, 0.05) is 5.56 Å². The Labute approximate surface area is 115 Å². The predicted molar refractivity (Wildman–Crippen MR) is 67.7 cm³/mol. The number of alkyl halides is 3. The van der Waals surface area contributed by atoms with Crippen LogP contribution in [0.25, 0.3) is 0 Å². The monoisotopic (exact) mass is 292 g/mol. The van der Waals surface area contributed by atoms with Gasteiger partial charge < -0.3 is 9.47 Å². The number of esters is 1. The summed E-state index contributed by atoms with van der Waals surface area (Å²) in [5.74, 6) is -0.304. The standard InChI is InChI=1S/C13H15ClF2O3/c1-3-18-12(17)6-9-5-10(7-14)11(4-8(9)2)19-13(15)16/h4-5,13H,3,6-7H2,1-2H3. The predicted octanol–water partition coefficient (Wildman–Crippen LogP) is 3.44. The maximum atomic E-state index is 12.2. The number of carbonyl (C=O) groups excluding carboxylic acids is 1. The number of carbonyl (C=O) groups is 1. The highest BCUT2D eigenvalue weighted by molar-refractivity contribution is 6.17. The number of halogens is 3. The van der Waals surface area contributed by atoms with Crippen LogP contribution in [-0.4, -0.2) is 19.2 Å². The zero-order valence-corrected chi connectivity index (χ0v) is 11.5. The van der Waals surface area contributed by atoms with Crippen LogP contribution in [0.15, 0.2) is 12.1 Å². The van der Waals surface area contributed by atoms with Crippen molar-refractivity contribution in [2.45, 2.75) is 32.8 Å². The number of rotatable bonds is 6. The Bertz CT molecular complexity index is 450. The lowest BCUT2D eigenvalue weighted by Crippen LogP contribution is -2.10. The Morgan fingerprint density at radius 2 is 2.05 bits per heavy atom. The van der Waals surface area contributed by atoms with Crippen LogP contribution < -0.4 is 4.74 Å². The first-order valence-corrected chi connectivity index (χ1v) is 6.30. The lowest BCUT2D eigenvalue weighted by atomic mass is 10.0. The zero-order chi connectivity index (χ0) is 14.4. The summed E-state index contributed by atoms with van der Waals surface area (Å²) in [5.41, 5.74) is 1.79. The normalized spacial score (nSPS) is 10.6. The average Bonchev–Trinajstić information content (AvgIpc) is 2.32. The summed E-state index contributed by atoms with van der Waals surface area (Å²) >= 11 is 5.70. The van der Waals surface area contributed by atoms with Crippen molar-refractivity contribution in [3.63, 3.8) is 0 Å². The third-order valence-electron chi connectivity index (χ3n) is 2.52. The van der Waals surface area contributed by atoms with Gasteiger partial charge in [0.15, 0.2) is 0 Å². The minimum absolute atomic E-state index is 0.0260. The molecule has 1 aromatic rings. The van der Waals surface area contributed by atoms with E-state index in [1.165, 1.54) is 6.07 Å². The average molecular weight is 293 g/mol. The minimum Gasteiger partial charge on any atom is -0.466 e. The van der Waals surface area contributed by atoms with Crippen molar-refractivity contribution in [2.75, 3.05) is 6.61 Å². The van der Waals surface area contributed by atoms with Gasteiger partial charge >= 0.3 is 12.6 Å². The van der Waals surface area contributed by atoms with E-state index in [-0.39, 0.29) is 24.0 Å². The summed E-state index contributed by atoms with van der Waals surface area (Å²) in [7, 11) is 0. The molecule has 0 unspecified atom stereocenters. The summed E-state index contributed by atoms with van der Waals surface area (Å²) in [6.07, 6.45) is 0.0819. The molecule has 0 atom stereocenters. The molecule has 0 saturated carbocycles. The molecule has 6 heteroatoms. The summed E-state index contributed by atoms with van der Waals surface area (Å²) < 4.78 is 33.7. The molecular weight excluding hydrogens is 278 g/mol. The second-order valence-corrected chi connectivity index (χ2v) is 4.15. The van der Waals surface area contributed by atoms with E-state index in [0.717, 1.165) is 0 Å². The highest BCUT2D eigenvalue weighted by Crippen LogP contribution is 2.27. The molecule has 0 aliphatic rings. The molecule has 0 aliphatic carbocycles. The van der Waals surface area contributed by atoms with Gasteiger partial charge in [0.25, 0.3) is 0 Å². The number of ether oxygens (including phenoxy) is 2. The Hall–Kier alpha value is -1.36. The summed E-state index contributed by atoms with van der Waals surface area (Å²) in [5, 5.41) is 0. The van der Waals surface area contributed by atoms with Crippen molar-refractivity contribution in [3.05, 3.63) is 28.8 Å². The number of aryl methyl sites for hydroxylation is 1. The zero-order valence-electron chi connectivity index (χ0n) is 10.7. The fourth-order valence-electron chi connectivity index (χ4n) is 1.65. The maximum Gasteiger partial charge on any atom is 0.387 e. The van der Waals surface area contributed by atoms with Crippen molar-refractivity contribution in [2.24, 2.45) is 0 Å². The van der Waals surface area contributed by atoms with Gasteiger partial charge in [0.2, 0.25) is 0 Å². The smallest absolute Gasteiger partial charge is 0.387 e. The fourth-order valence-corrected chi connectivity index (χ4v) is 1.85. The summed E-state index contributed by atoms with van der Waals surface area (Å²) in [6.45, 7) is 0.823. The largest absolute Gasteiger partial charge is 0.466 e. The Morgan fingerprint density at radius 1 is 1.37 bits per heavy atom. The number of hydrogen-bond acceptors (Lipinski definition) is 3. The van der Waals surface area contributed by atoms with Gasteiger partial charge in [-0.15, -0.1) is 11.6 Å². The van der Waals surface area contributed by atoms with Crippen LogP contribution in [0.4, 0.5) is 8.78 Å². The van der Waals surface area contributed by atoms with E-state index in [2.05, 4.69) is 4.74 Å². The Morgan fingerprint density at radius 3 is 2.58 bits per heavy atom. The van der Waals surface area contributed by atoms with Crippen LogP contribution in [0.5, 0.6) is 5.75 Å². The molecule has 0 N–H and O–H groups in total. The molecule has 0 aromatic heterocycles. The van der Waals surface area contributed by atoms with Gasteiger partial charge in [-0.1, -0.05) is 6.07 Å². The molecular formula is C13H15ClF2O3. The highest BCUT2D eigenvalue weighted by Gasteiger charge is 2.14. The molecule has 0 bridgehead atoms. The third kappa shape index (κ3) is 4.67. The fraction of sp³-hybridized carbons (Fsp3) is 0.462. The molecule has 0 fully saturated rings. The SMILES string of the molecule is CCOC(=O)Cc1cc(CCl)c(OC(F)F)cc1C. The van der Waals surface area contributed by atoms with Crippen LogP contribution in [0, 0.1) is 6.92 Å². The quantitative estimate of drug-likeness (QED) is 0.595. The molecule has 0 heterocycles. The van der Waals surface area contributed by atoms with Crippen LogP contribution in [0.1, 0.15) is 23.6 Å². The molecule has 19 heavy (non-hydrogen) atoms. The van der Waals surface area contributed by atoms with Crippen molar-refractivity contribution in [1.82, 2.24) is 0 Å². The van der Waals surface area contributed by atoms with Gasteiger partial charge in [-0.2, -0.15) is 8.78 Å². The lowest BCUT2D eigenvalue weighted by molar-refractivity contribution is -0.142. The van der Waals surface area contributed by atoms with Gasteiger partial charge in [0.1, 0.15) is 5.75 Å². The topological polar surface area (TPSA) is 35.5 Å². The van der Waals surface area contributed by atoms with Crippen molar-refractivity contribution < 1.29 is 23.0 Å². The number of hydrogen-bond donors (Lipinski definition) is 0. The molecule has 1 aromatic carbocycles. The van der Waals surface area contributed by atoms with Gasteiger partial charge in [-0.3, -0.25) is 4.79 Å². The van der Waals surface area contributed by atoms with Crippen LogP contribution in [0.3, 0.4) is 0 Å². The number of benzene rings is 1. The first-order valence-electron chi connectivity index (χ1n) is 5.76. The van der Waals surface area contributed by atoms with Crippen LogP contribution in [-0.2, 0) is 21.8 Å². The van der Waals surface area contributed by atoms with E-state index >= 15 is 0 Å². The third-order valence-corrected chi connectivity index (χ3v) is 2.81. The molecule has 0 aliphatic heterocycles. The summed E-state index contributed by atoms with van der Waals surface area (Å²) in [4.78, 5) is 11.4. The first-order chi connectivity index (χ1) is 8.97. The Balaban J connectivity index is 2.98. The lowest BCUT2D eigenvalue weighted by Gasteiger charge is -2.13. The second kappa shape index (κ2) is 7.28. The molecule has 0 spiro atoms. The minimum atomic E-state index is -2.91. The van der Waals surface area contributed by atoms with Crippen LogP contribution in [0.2, 0.25) is 0 Å². The molecule has 0 radical (unpaired) electrons. The molecule has 1 rings (SSSR count).